The Morgan fingerprint density at radius 2 is 1.69 bits per heavy atom. The van der Waals surface area contributed by atoms with E-state index in [4.69, 9.17) is 4.74 Å². The number of ether oxygens (including phenoxy) is 1. The zero-order valence-electron chi connectivity index (χ0n) is 20.6. The van der Waals surface area contributed by atoms with Crippen LogP contribution in [-0.4, -0.2) is 78.4 Å². The van der Waals surface area contributed by atoms with Crippen molar-refractivity contribution >= 4 is 11.8 Å². The molecule has 2 aromatic carbocycles. The lowest BCUT2D eigenvalue weighted by atomic mass is 10.1. The van der Waals surface area contributed by atoms with Crippen LogP contribution in [0.2, 0.25) is 0 Å². The molecule has 3 fully saturated rings. The molecular formula is C28H36N4O3. The molecule has 7 heteroatoms. The van der Waals surface area contributed by atoms with Gasteiger partial charge in [0.2, 0.25) is 11.8 Å². The number of benzene rings is 2. The summed E-state index contributed by atoms with van der Waals surface area (Å²) in [4.78, 5) is 33.2. The van der Waals surface area contributed by atoms with Crippen molar-refractivity contribution in [3.63, 3.8) is 0 Å². The number of nitrogens with one attached hydrogen (secondary N) is 1. The summed E-state index contributed by atoms with van der Waals surface area (Å²) < 4.78 is 5.45. The van der Waals surface area contributed by atoms with Crippen LogP contribution in [-0.2, 0) is 22.7 Å². The van der Waals surface area contributed by atoms with Gasteiger partial charge in [-0.15, -0.1) is 0 Å². The molecule has 1 saturated carbocycles. The van der Waals surface area contributed by atoms with Crippen LogP contribution in [0.4, 0.5) is 0 Å². The zero-order valence-corrected chi connectivity index (χ0v) is 20.6. The van der Waals surface area contributed by atoms with Gasteiger partial charge in [0, 0.05) is 57.8 Å². The molecule has 2 amide bonds. The Bertz CT molecular complexity index is 1020. The van der Waals surface area contributed by atoms with E-state index in [-0.39, 0.29) is 29.8 Å². The summed E-state index contributed by atoms with van der Waals surface area (Å²) in [5.74, 6) is 1.23. The van der Waals surface area contributed by atoms with Gasteiger partial charge >= 0.3 is 0 Å². The Morgan fingerprint density at radius 1 is 0.971 bits per heavy atom. The topological polar surface area (TPSA) is 65.1 Å². The summed E-state index contributed by atoms with van der Waals surface area (Å²) in [6.07, 6.45) is 2.58. The van der Waals surface area contributed by atoms with Crippen molar-refractivity contribution in [1.29, 1.82) is 0 Å². The second-order valence-corrected chi connectivity index (χ2v) is 9.99. The smallest absolute Gasteiger partial charge is 0.245 e. The maximum atomic E-state index is 13.6. The van der Waals surface area contributed by atoms with Crippen molar-refractivity contribution in [2.24, 2.45) is 5.92 Å². The molecule has 1 N–H and O–H groups in total. The second kappa shape index (κ2) is 10.8. The van der Waals surface area contributed by atoms with Crippen molar-refractivity contribution in [2.45, 2.75) is 44.4 Å². The zero-order chi connectivity index (χ0) is 24.2. The van der Waals surface area contributed by atoms with Gasteiger partial charge in [0.1, 0.15) is 11.8 Å². The first kappa shape index (κ1) is 23.8. The molecule has 3 aliphatic rings. The predicted molar refractivity (Wildman–Crippen MR) is 135 cm³/mol. The number of nitrogens with zero attached hydrogens (tertiary/aromatic N) is 3. The lowest BCUT2D eigenvalue weighted by Gasteiger charge is -2.32. The van der Waals surface area contributed by atoms with E-state index in [1.54, 1.807) is 7.11 Å². The van der Waals surface area contributed by atoms with Gasteiger partial charge in [-0.1, -0.05) is 42.5 Å². The van der Waals surface area contributed by atoms with Crippen molar-refractivity contribution in [3.8, 4) is 5.75 Å². The minimum atomic E-state index is -0.366. The molecule has 5 rings (SSSR count). The molecule has 2 saturated heterocycles. The Balaban J connectivity index is 1.40. The molecule has 0 aromatic heterocycles. The molecule has 0 spiro atoms. The number of carbonyl (C=O) groups is 2. The van der Waals surface area contributed by atoms with Gasteiger partial charge in [-0.25, -0.2) is 0 Å². The fourth-order valence-corrected chi connectivity index (χ4v) is 5.35. The highest BCUT2D eigenvalue weighted by Crippen LogP contribution is 2.35. The Morgan fingerprint density at radius 3 is 2.40 bits per heavy atom. The number of amides is 2. The average Bonchev–Trinajstić information content (AvgIpc) is 3.67. The molecule has 0 radical (unpaired) electrons. The number of likely N-dealkylation sites (tertiary alicyclic amines) is 1. The highest BCUT2D eigenvalue weighted by Gasteiger charge is 2.46. The van der Waals surface area contributed by atoms with Gasteiger partial charge in [0.15, 0.2) is 0 Å². The summed E-state index contributed by atoms with van der Waals surface area (Å²) in [5.41, 5.74) is 2.39. The summed E-state index contributed by atoms with van der Waals surface area (Å²) in [6, 6.07) is 18.4. The first-order chi connectivity index (χ1) is 17.1. The van der Waals surface area contributed by atoms with Crippen LogP contribution < -0.4 is 10.1 Å². The number of piperazine rings is 1. The first-order valence-electron chi connectivity index (χ1n) is 12.8. The first-order valence-corrected chi connectivity index (χ1v) is 12.8. The van der Waals surface area contributed by atoms with E-state index in [1.807, 2.05) is 28.0 Å². The van der Waals surface area contributed by atoms with Crippen LogP contribution in [0.1, 0.15) is 30.4 Å². The van der Waals surface area contributed by atoms with Gasteiger partial charge in [0.05, 0.1) is 7.11 Å². The standard InChI is InChI=1S/C28H36N4O3/c1-35-25-9-5-8-22(16-25)19-31(18-21-6-3-2-4-7-21)24-17-26(28(34)30-14-12-29-13-15-30)32(20-24)27(33)23-10-11-23/h2-9,16,23-24,26,29H,10-15,17-20H2,1H3. The van der Waals surface area contributed by atoms with Crippen LogP contribution in [0.5, 0.6) is 5.75 Å². The molecule has 7 nitrogen and oxygen atoms in total. The Hall–Kier alpha value is -2.90. The van der Waals surface area contributed by atoms with Crippen LogP contribution >= 0.6 is 0 Å². The summed E-state index contributed by atoms with van der Waals surface area (Å²) in [7, 11) is 1.69. The van der Waals surface area contributed by atoms with Gasteiger partial charge in [-0.05, 0) is 42.5 Å². The van der Waals surface area contributed by atoms with Crippen LogP contribution in [0.3, 0.4) is 0 Å². The molecule has 2 atom stereocenters. The third-order valence-electron chi connectivity index (χ3n) is 7.47. The van der Waals surface area contributed by atoms with E-state index in [0.29, 0.717) is 26.1 Å². The van der Waals surface area contributed by atoms with Crippen molar-refractivity contribution in [3.05, 3.63) is 65.7 Å². The largest absolute Gasteiger partial charge is 0.497 e. The molecule has 2 aromatic rings. The van der Waals surface area contributed by atoms with Crippen LogP contribution in [0.15, 0.2) is 54.6 Å². The van der Waals surface area contributed by atoms with Gasteiger partial charge in [-0.2, -0.15) is 0 Å². The molecule has 35 heavy (non-hydrogen) atoms. The minimum absolute atomic E-state index is 0.105. The van der Waals surface area contributed by atoms with E-state index in [9.17, 15) is 9.59 Å². The van der Waals surface area contributed by atoms with Gasteiger partial charge in [0.25, 0.3) is 0 Å². The van der Waals surface area contributed by atoms with E-state index in [1.165, 1.54) is 5.56 Å². The number of hydrogen-bond donors (Lipinski definition) is 1. The maximum Gasteiger partial charge on any atom is 0.245 e. The SMILES string of the molecule is COc1cccc(CN(Cc2ccccc2)C2CC(C(=O)N3CCNCC3)N(C(=O)C3CC3)C2)c1. The predicted octanol–water partition coefficient (Wildman–Crippen LogP) is 2.51. The Labute approximate surface area is 208 Å². The molecular weight excluding hydrogens is 440 g/mol. The lowest BCUT2D eigenvalue weighted by Crippen LogP contribution is -2.53. The second-order valence-electron chi connectivity index (χ2n) is 9.99. The van der Waals surface area contributed by atoms with E-state index >= 15 is 0 Å². The molecule has 1 aliphatic carbocycles. The van der Waals surface area contributed by atoms with E-state index in [0.717, 1.165) is 50.3 Å². The van der Waals surface area contributed by atoms with Gasteiger partial charge < -0.3 is 19.9 Å². The van der Waals surface area contributed by atoms with Crippen molar-refractivity contribution in [1.82, 2.24) is 20.0 Å². The third kappa shape index (κ3) is 5.68. The van der Waals surface area contributed by atoms with Crippen molar-refractivity contribution in [2.75, 3.05) is 39.8 Å². The molecule has 2 aliphatic heterocycles. The highest BCUT2D eigenvalue weighted by molar-refractivity contribution is 5.90. The maximum absolute atomic E-state index is 13.6. The molecule has 2 unspecified atom stereocenters. The number of rotatable bonds is 8. The minimum Gasteiger partial charge on any atom is -0.497 e. The van der Waals surface area contributed by atoms with Crippen LogP contribution in [0.25, 0.3) is 0 Å². The summed E-state index contributed by atoms with van der Waals surface area (Å²) in [5, 5.41) is 3.32. The fourth-order valence-electron chi connectivity index (χ4n) is 5.35. The lowest BCUT2D eigenvalue weighted by molar-refractivity contribution is -0.144. The number of methoxy groups -OCH3 is 1. The monoisotopic (exact) mass is 476 g/mol. The van der Waals surface area contributed by atoms with Crippen molar-refractivity contribution < 1.29 is 14.3 Å². The molecule has 186 valence electrons. The van der Waals surface area contributed by atoms with E-state index in [2.05, 4.69) is 46.6 Å². The molecule has 0 bridgehead atoms. The number of carbonyl (C=O) groups excluding carboxylic acids is 2. The Kier molecular flexibility index (Phi) is 7.35. The summed E-state index contributed by atoms with van der Waals surface area (Å²) >= 11 is 0. The third-order valence-corrected chi connectivity index (χ3v) is 7.47. The average molecular weight is 477 g/mol. The highest BCUT2D eigenvalue weighted by atomic mass is 16.5. The van der Waals surface area contributed by atoms with E-state index < -0.39 is 0 Å². The van der Waals surface area contributed by atoms with Crippen LogP contribution in [0, 0.1) is 5.92 Å². The quantitative estimate of drug-likeness (QED) is 0.634. The normalized spacial score (nSPS) is 22.5. The summed E-state index contributed by atoms with van der Waals surface area (Å²) in [6.45, 7) is 5.16. The number of hydrogen-bond acceptors (Lipinski definition) is 5. The molecule has 2 heterocycles. The fraction of sp³-hybridized carbons (Fsp3) is 0.500. The van der Waals surface area contributed by atoms with Gasteiger partial charge in [-0.3, -0.25) is 14.5 Å².